The van der Waals surface area contributed by atoms with Crippen molar-refractivity contribution in [1.82, 2.24) is 0 Å². The number of anilines is 1. The fourth-order valence-electron chi connectivity index (χ4n) is 2.21. The highest BCUT2D eigenvalue weighted by molar-refractivity contribution is 7.09. The van der Waals surface area contributed by atoms with E-state index in [4.69, 9.17) is 0 Å². The second kappa shape index (κ2) is 6.45. The minimum absolute atomic E-state index is 0.0558. The highest BCUT2D eigenvalue weighted by Crippen LogP contribution is 2.24. The monoisotopic (exact) mass is 309 g/mol. The summed E-state index contributed by atoms with van der Waals surface area (Å²) in [6.07, 6.45) is 0. The van der Waals surface area contributed by atoms with Gasteiger partial charge < -0.3 is 10.0 Å². The zero-order chi connectivity index (χ0) is 15.4. The Hall–Kier alpha value is -2.59. The molecule has 4 heteroatoms. The number of aromatic hydroxyl groups is 1. The lowest BCUT2D eigenvalue weighted by molar-refractivity contribution is 0.0985. The van der Waals surface area contributed by atoms with Gasteiger partial charge in [-0.3, -0.25) is 4.79 Å². The third-order valence-corrected chi connectivity index (χ3v) is 4.18. The zero-order valence-corrected chi connectivity index (χ0v) is 12.7. The van der Waals surface area contributed by atoms with Crippen LogP contribution in [0.3, 0.4) is 0 Å². The van der Waals surface area contributed by atoms with E-state index in [1.807, 2.05) is 47.8 Å². The average molecular weight is 309 g/mol. The number of carbonyl (C=O) groups is 1. The second-order valence-electron chi connectivity index (χ2n) is 4.85. The fourth-order valence-corrected chi connectivity index (χ4v) is 2.90. The Morgan fingerprint density at radius 1 is 0.955 bits per heavy atom. The Morgan fingerprint density at radius 3 is 2.32 bits per heavy atom. The van der Waals surface area contributed by atoms with Gasteiger partial charge in [-0.1, -0.05) is 24.3 Å². The van der Waals surface area contributed by atoms with Gasteiger partial charge in [0.05, 0.1) is 6.54 Å². The highest BCUT2D eigenvalue weighted by Gasteiger charge is 2.18. The van der Waals surface area contributed by atoms with Crippen LogP contribution in [0.4, 0.5) is 5.69 Å². The van der Waals surface area contributed by atoms with Gasteiger partial charge >= 0.3 is 0 Å². The molecule has 0 bridgehead atoms. The molecule has 0 spiro atoms. The Bertz CT molecular complexity index is 737. The first-order valence-corrected chi connectivity index (χ1v) is 7.80. The fraction of sp³-hybridized carbons (Fsp3) is 0.0556. The van der Waals surface area contributed by atoms with Gasteiger partial charge in [-0.15, -0.1) is 11.3 Å². The molecule has 0 aliphatic heterocycles. The number of benzene rings is 2. The first-order chi connectivity index (χ1) is 10.7. The summed E-state index contributed by atoms with van der Waals surface area (Å²) in [6.45, 7) is 0.510. The summed E-state index contributed by atoms with van der Waals surface area (Å²) in [4.78, 5) is 15.7. The predicted molar refractivity (Wildman–Crippen MR) is 89.4 cm³/mol. The van der Waals surface area contributed by atoms with Crippen molar-refractivity contribution in [3.8, 4) is 5.75 Å². The standard InChI is InChI=1S/C18H15NO2S/c20-16-10-8-15(9-11-16)19(13-17-7-4-12-22-17)18(21)14-5-2-1-3-6-14/h1-12,20H,13H2. The minimum Gasteiger partial charge on any atom is -0.508 e. The van der Waals surface area contributed by atoms with Crippen LogP contribution < -0.4 is 4.90 Å². The van der Waals surface area contributed by atoms with Crippen LogP contribution in [-0.4, -0.2) is 11.0 Å². The Kier molecular flexibility index (Phi) is 4.21. The number of carbonyl (C=O) groups excluding carboxylic acids is 1. The average Bonchev–Trinajstić information content (AvgIpc) is 3.07. The topological polar surface area (TPSA) is 40.5 Å². The summed E-state index contributed by atoms with van der Waals surface area (Å²) in [7, 11) is 0. The van der Waals surface area contributed by atoms with Crippen molar-refractivity contribution in [2.75, 3.05) is 4.90 Å². The van der Waals surface area contributed by atoms with Crippen molar-refractivity contribution in [3.05, 3.63) is 82.6 Å². The maximum atomic E-state index is 12.8. The molecule has 0 fully saturated rings. The van der Waals surface area contributed by atoms with Gasteiger partial charge in [-0.2, -0.15) is 0 Å². The van der Waals surface area contributed by atoms with Crippen LogP contribution in [0.25, 0.3) is 0 Å². The van der Waals surface area contributed by atoms with Crippen molar-refractivity contribution < 1.29 is 9.90 Å². The minimum atomic E-state index is -0.0558. The molecule has 2 aromatic carbocycles. The summed E-state index contributed by atoms with van der Waals surface area (Å²) in [6, 6.07) is 19.9. The molecule has 110 valence electrons. The smallest absolute Gasteiger partial charge is 0.258 e. The molecule has 1 aromatic heterocycles. The van der Waals surface area contributed by atoms with Gasteiger partial charge in [0.15, 0.2) is 0 Å². The molecule has 3 aromatic rings. The number of nitrogens with zero attached hydrogens (tertiary/aromatic N) is 1. The van der Waals surface area contributed by atoms with Gasteiger partial charge in [-0.25, -0.2) is 0 Å². The van der Waals surface area contributed by atoms with E-state index < -0.39 is 0 Å². The molecule has 1 N–H and O–H groups in total. The van der Waals surface area contributed by atoms with Gasteiger partial charge in [0.1, 0.15) is 5.75 Å². The zero-order valence-electron chi connectivity index (χ0n) is 11.8. The van der Waals surface area contributed by atoms with E-state index in [-0.39, 0.29) is 11.7 Å². The van der Waals surface area contributed by atoms with Gasteiger partial charge in [0, 0.05) is 16.1 Å². The number of thiophene rings is 1. The van der Waals surface area contributed by atoms with Crippen LogP contribution >= 0.6 is 11.3 Å². The lowest BCUT2D eigenvalue weighted by Crippen LogP contribution is -2.30. The number of hydrogen-bond donors (Lipinski definition) is 1. The van der Waals surface area contributed by atoms with Gasteiger partial charge in [0.2, 0.25) is 0 Å². The lowest BCUT2D eigenvalue weighted by atomic mass is 10.1. The maximum Gasteiger partial charge on any atom is 0.258 e. The van der Waals surface area contributed by atoms with Crippen LogP contribution in [0.15, 0.2) is 72.1 Å². The lowest BCUT2D eigenvalue weighted by Gasteiger charge is -2.22. The molecule has 3 rings (SSSR count). The van der Waals surface area contributed by atoms with Crippen molar-refractivity contribution in [2.45, 2.75) is 6.54 Å². The number of phenols is 1. The van der Waals surface area contributed by atoms with Gasteiger partial charge in [-0.05, 0) is 47.8 Å². The van der Waals surface area contributed by atoms with Crippen LogP contribution in [-0.2, 0) is 6.54 Å². The third kappa shape index (κ3) is 3.18. The molecule has 0 saturated carbocycles. The van der Waals surface area contributed by atoms with E-state index in [2.05, 4.69) is 0 Å². The van der Waals surface area contributed by atoms with E-state index in [1.165, 1.54) is 0 Å². The summed E-state index contributed by atoms with van der Waals surface area (Å²) in [5, 5.41) is 11.4. The van der Waals surface area contributed by atoms with Crippen LogP contribution in [0.2, 0.25) is 0 Å². The Balaban J connectivity index is 1.95. The molecule has 0 radical (unpaired) electrons. The SMILES string of the molecule is O=C(c1ccccc1)N(Cc1cccs1)c1ccc(O)cc1. The predicted octanol–water partition coefficient (Wildman–Crippen LogP) is 4.30. The summed E-state index contributed by atoms with van der Waals surface area (Å²) < 4.78 is 0. The number of rotatable bonds is 4. The number of amides is 1. The highest BCUT2D eigenvalue weighted by atomic mass is 32.1. The Morgan fingerprint density at radius 2 is 1.68 bits per heavy atom. The van der Waals surface area contributed by atoms with Crippen molar-refractivity contribution in [1.29, 1.82) is 0 Å². The second-order valence-corrected chi connectivity index (χ2v) is 5.89. The summed E-state index contributed by atoms with van der Waals surface area (Å²) in [5.74, 6) is 0.131. The van der Waals surface area contributed by atoms with E-state index in [1.54, 1.807) is 40.5 Å². The molecule has 1 heterocycles. The summed E-state index contributed by atoms with van der Waals surface area (Å²) in [5.41, 5.74) is 1.41. The first-order valence-electron chi connectivity index (χ1n) is 6.92. The molecule has 1 amide bonds. The molecule has 3 nitrogen and oxygen atoms in total. The molecule has 0 unspecified atom stereocenters. The molecule has 0 atom stereocenters. The molecule has 22 heavy (non-hydrogen) atoms. The Labute approximate surface area is 133 Å². The molecule has 0 saturated heterocycles. The van der Waals surface area contributed by atoms with Gasteiger partial charge in [0.25, 0.3) is 5.91 Å². The van der Waals surface area contributed by atoms with E-state index >= 15 is 0 Å². The van der Waals surface area contributed by atoms with Crippen molar-refractivity contribution in [2.24, 2.45) is 0 Å². The molecule has 0 aliphatic rings. The summed E-state index contributed by atoms with van der Waals surface area (Å²) >= 11 is 1.62. The van der Waals surface area contributed by atoms with E-state index in [0.717, 1.165) is 10.6 Å². The quantitative estimate of drug-likeness (QED) is 0.780. The third-order valence-electron chi connectivity index (χ3n) is 3.32. The number of hydrogen-bond acceptors (Lipinski definition) is 3. The van der Waals surface area contributed by atoms with E-state index in [0.29, 0.717) is 12.1 Å². The van der Waals surface area contributed by atoms with Crippen LogP contribution in [0, 0.1) is 0 Å². The largest absolute Gasteiger partial charge is 0.508 e. The van der Waals surface area contributed by atoms with Crippen LogP contribution in [0.5, 0.6) is 5.75 Å². The van der Waals surface area contributed by atoms with E-state index in [9.17, 15) is 9.90 Å². The molecular formula is C18H15NO2S. The first kappa shape index (κ1) is 14.4. The van der Waals surface area contributed by atoms with Crippen LogP contribution in [0.1, 0.15) is 15.2 Å². The normalized spacial score (nSPS) is 10.4. The van der Waals surface area contributed by atoms with Crippen molar-refractivity contribution >= 4 is 22.9 Å². The van der Waals surface area contributed by atoms with Crippen molar-refractivity contribution in [3.63, 3.8) is 0 Å². The molecular weight excluding hydrogens is 294 g/mol. The maximum absolute atomic E-state index is 12.8. The molecule has 0 aliphatic carbocycles. The number of phenolic OH excluding ortho intramolecular Hbond substituents is 1.